The van der Waals surface area contributed by atoms with Gasteiger partial charge in [0.2, 0.25) is 11.2 Å². The van der Waals surface area contributed by atoms with Crippen molar-refractivity contribution in [1.82, 2.24) is 9.88 Å². The molecule has 0 saturated carbocycles. The molecule has 5 rings (SSSR count). The van der Waals surface area contributed by atoms with Gasteiger partial charge in [-0.2, -0.15) is 0 Å². The first-order chi connectivity index (χ1) is 28.8. The molecule has 1 aromatic heterocycles. The van der Waals surface area contributed by atoms with Crippen LogP contribution in [0.2, 0.25) is 18.1 Å². The number of methoxy groups -OCH3 is 1. The average molecular weight is 851 g/mol. The van der Waals surface area contributed by atoms with Gasteiger partial charge in [0.25, 0.3) is 0 Å². The Balaban J connectivity index is 1.32. The molecule has 2 unspecified atom stereocenters. The van der Waals surface area contributed by atoms with Gasteiger partial charge in [0.15, 0.2) is 8.32 Å². The standard InChI is InChI=1S/C49H62N2O9Si/c1-47(2,3)59-46(54)51(31-17-12-18-32-57-38-25-23-37(24-26-38)49(55,45(53)56-7)36-21-15-11-16-22-36)33-42(60-61(8,9)48(4,5)6)39-27-29-41(44-40(39)28-30-43(52)50-44)58-34-35-19-13-10-14-20-35/h10-11,13-16,19-30,42,55H,12,17-18,31-34H2,1-9H3,(H,50,52). The number of carbonyl (C=O) groups is 2. The normalized spacial score (nSPS) is 13.5. The molecule has 0 aliphatic rings. The number of nitrogens with one attached hydrogen (secondary N) is 1. The number of unbranched alkanes of at least 4 members (excludes halogenated alkanes) is 2. The van der Waals surface area contributed by atoms with Crippen molar-refractivity contribution in [2.24, 2.45) is 0 Å². The molecule has 4 aromatic carbocycles. The molecule has 0 spiro atoms. The number of hydrogen-bond acceptors (Lipinski definition) is 9. The summed E-state index contributed by atoms with van der Waals surface area (Å²) >= 11 is 0. The van der Waals surface area contributed by atoms with Gasteiger partial charge < -0.3 is 38.4 Å². The molecule has 1 amide bonds. The number of amides is 1. The van der Waals surface area contributed by atoms with Gasteiger partial charge in [0.1, 0.15) is 23.7 Å². The minimum atomic E-state index is -2.43. The van der Waals surface area contributed by atoms with Crippen molar-refractivity contribution in [1.29, 1.82) is 0 Å². The number of benzene rings is 4. The molecule has 0 aliphatic heterocycles. The van der Waals surface area contributed by atoms with Crippen LogP contribution in [-0.2, 0) is 30.9 Å². The van der Waals surface area contributed by atoms with E-state index in [1.807, 2.05) is 69.3 Å². The average Bonchev–Trinajstić information content (AvgIpc) is 3.22. The van der Waals surface area contributed by atoms with Gasteiger partial charge in [-0.05, 0) is 105 Å². The fourth-order valence-corrected chi connectivity index (χ4v) is 7.96. The maximum atomic E-state index is 13.9. The zero-order chi connectivity index (χ0) is 44.4. The molecular weight excluding hydrogens is 789 g/mol. The van der Waals surface area contributed by atoms with E-state index in [-0.39, 0.29) is 17.1 Å². The number of esters is 1. The summed E-state index contributed by atoms with van der Waals surface area (Å²) in [5, 5.41) is 12.1. The van der Waals surface area contributed by atoms with Crippen LogP contribution in [0, 0.1) is 0 Å². The quantitative estimate of drug-likeness (QED) is 0.0502. The summed E-state index contributed by atoms with van der Waals surface area (Å²) < 4.78 is 30.4. The molecule has 5 aromatic rings. The van der Waals surface area contributed by atoms with Crippen LogP contribution in [0.4, 0.5) is 4.79 Å². The Morgan fingerprint density at radius 1 is 0.770 bits per heavy atom. The van der Waals surface area contributed by atoms with Crippen LogP contribution in [0.5, 0.6) is 11.5 Å². The summed E-state index contributed by atoms with van der Waals surface area (Å²) in [7, 11) is -1.18. The van der Waals surface area contributed by atoms with Gasteiger partial charge in [-0.3, -0.25) is 4.79 Å². The Labute approximate surface area is 361 Å². The van der Waals surface area contributed by atoms with Crippen molar-refractivity contribution in [2.45, 2.75) is 103 Å². The summed E-state index contributed by atoms with van der Waals surface area (Å²) in [6, 6.07) is 32.4. The molecule has 2 N–H and O–H groups in total. The number of aromatic amines is 1. The van der Waals surface area contributed by atoms with E-state index in [9.17, 15) is 19.5 Å². The fraction of sp³-hybridized carbons (Fsp3) is 0.408. The van der Waals surface area contributed by atoms with Gasteiger partial charge in [-0.25, -0.2) is 9.59 Å². The predicted molar refractivity (Wildman–Crippen MR) is 241 cm³/mol. The lowest BCUT2D eigenvalue weighted by atomic mass is 9.86. The molecule has 0 aliphatic carbocycles. The van der Waals surface area contributed by atoms with E-state index in [2.05, 4.69) is 38.8 Å². The van der Waals surface area contributed by atoms with Gasteiger partial charge in [-0.15, -0.1) is 0 Å². The van der Waals surface area contributed by atoms with Crippen LogP contribution < -0.4 is 15.0 Å². The third-order valence-corrected chi connectivity index (χ3v) is 15.5. The van der Waals surface area contributed by atoms with Crippen LogP contribution >= 0.6 is 0 Å². The van der Waals surface area contributed by atoms with Gasteiger partial charge >= 0.3 is 12.1 Å². The lowest BCUT2D eigenvalue weighted by Crippen LogP contribution is -2.46. The minimum absolute atomic E-state index is 0.129. The zero-order valence-corrected chi connectivity index (χ0v) is 38.1. The van der Waals surface area contributed by atoms with E-state index < -0.39 is 37.7 Å². The summed E-state index contributed by atoms with van der Waals surface area (Å²) in [5.74, 6) is 0.357. The number of nitrogens with zero attached hydrogens (tertiary/aromatic N) is 1. The molecular formula is C49H62N2O9Si. The molecule has 0 saturated heterocycles. The highest BCUT2D eigenvalue weighted by molar-refractivity contribution is 6.74. The zero-order valence-electron chi connectivity index (χ0n) is 37.1. The number of hydrogen-bond donors (Lipinski definition) is 2. The number of aromatic nitrogens is 1. The lowest BCUT2D eigenvalue weighted by molar-refractivity contribution is -0.158. The fourth-order valence-electron chi connectivity index (χ4n) is 6.69. The Bertz CT molecular complexity index is 2270. The number of pyridine rings is 1. The molecule has 2 atom stereocenters. The predicted octanol–water partition coefficient (Wildman–Crippen LogP) is 10.1. The third kappa shape index (κ3) is 12.1. The molecule has 1 heterocycles. The van der Waals surface area contributed by atoms with Gasteiger partial charge in [0, 0.05) is 18.0 Å². The second-order valence-electron chi connectivity index (χ2n) is 17.8. The Morgan fingerprint density at radius 3 is 2.03 bits per heavy atom. The van der Waals surface area contributed by atoms with E-state index in [1.165, 1.54) is 13.2 Å². The van der Waals surface area contributed by atoms with Crippen molar-refractivity contribution < 1.29 is 38.1 Å². The van der Waals surface area contributed by atoms with Crippen LogP contribution in [0.3, 0.4) is 0 Å². The number of ether oxygens (including phenoxy) is 4. The highest BCUT2D eigenvalue weighted by atomic mass is 28.4. The Kier molecular flexibility index (Phi) is 15.3. The van der Waals surface area contributed by atoms with Crippen LogP contribution in [0.15, 0.2) is 114 Å². The maximum Gasteiger partial charge on any atom is 0.410 e. The molecule has 326 valence electrons. The lowest BCUT2D eigenvalue weighted by Gasteiger charge is -2.41. The number of fused-ring (bicyclic) bond motifs is 1. The van der Waals surface area contributed by atoms with Crippen molar-refractivity contribution >= 4 is 31.3 Å². The summed E-state index contributed by atoms with van der Waals surface area (Å²) in [5.41, 5.74) is 0.248. The first-order valence-corrected chi connectivity index (χ1v) is 23.8. The van der Waals surface area contributed by atoms with Crippen LogP contribution in [0.1, 0.15) is 89.2 Å². The van der Waals surface area contributed by atoms with Crippen LogP contribution in [-0.4, -0.2) is 67.8 Å². The molecule has 11 nitrogen and oxygen atoms in total. The largest absolute Gasteiger partial charge is 0.494 e. The summed E-state index contributed by atoms with van der Waals surface area (Å²) in [6.07, 6.45) is 1.18. The van der Waals surface area contributed by atoms with Crippen molar-refractivity contribution in [2.75, 3.05) is 26.8 Å². The second kappa shape index (κ2) is 20.0. The number of rotatable bonds is 18. The van der Waals surface area contributed by atoms with E-state index in [4.69, 9.17) is 23.4 Å². The topological polar surface area (TPSA) is 137 Å². The Morgan fingerprint density at radius 2 is 1.41 bits per heavy atom. The molecule has 61 heavy (non-hydrogen) atoms. The smallest absolute Gasteiger partial charge is 0.410 e. The van der Waals surface area contributed by atoms with Crippen molar-refractivity contribution in [3.63, 3.8) is 0 Å². The maximum absolute atomic E-state index is 13.9. The van der Waals surface area contributed by atoms with Gasteiger partial charge in [-0.1, -0.05) is 99.6 Å². The van der Waals surface area contributed by atoms with E-state index in [1.54, 1.807) is 59.5 Å². The third-order valence-electron chi connectivity index (χ3n) is 11.0. The van der Waals surface area contributed by atoms with Crippen molar-refractivity contribution in [3.8, 4) is 11.5 Å². The van der Waals surface area contributed by atoms with E-state index >= 15 is 0 Å². The summed E-state index contributed by atoms with van der Waals surface area (Å²) in [4.78, 5) is 44.2. The first kappa shape index (κ1) is 46.6. The van der Waals surface area contributed by atoms with Crippen molar-refractivity contribution in [3.05, 3.63) is 142 Å². The molecule has 0 radical (unpaired) electrons. The summed E-state index contributed by atoms with van der Waals surface area (Å²) in [6.45, 7) is 17.9. The molecule has 12 heteroatoms. The number of H-pyrrole nitrogens is 1. The van der Waals surface area contributed by atoms with Crippen LogP contribution in [0.25, 0.3) is 10.9 Å². The number of aliphatic hydroxyl groups is 1. The van der Waals surface area contributed by atoms with Gasteiger partial charge in [0.05, 0.1) is 31.9 Å². The SMILES string of the molecule is COC(=O)C(O)(c1ccccc1)c1ccc(OCCCCCN(CC(O[Si](C)(C)C(C)(C)C)c2ccc(OCc3ccccc3)c3[nH]c(=O)ccc23)C(=O)OC(C)(C)C)cc1. The minimum Gasteiger partial charge on any atom is -0.494 e. The Hall–Kier alpha value is -5.43. The first-order valence-electron chi connectivity index (χ1n) is 20.9. The number of carbonyl (C=O) groups excluding carboxylic acids is 2. The highest BCUT2D eigenvalue weighted by Gasteiger charge is 2.42. The highest BCUT2D eigenvalue weighted by Crippen LogP contribution is 2.42. The molecule has 0 bridgehead atoms. The van der Waals surface area contributed by atoms with E-state index in [0.717, 1.165) is 22.9 Å². The molecule has 0 fully saturated rings. The monoisotopic (exact) mass is 850 g/mol. The second-order valence-corrected chi connectivity index (χ2v) is 22.6. The van der Waals surface area contributed by atoms with E-state index in [0.29, 0.717) is 60.7 Å².